The van der Waals surface area contributed by atoms with Crippen molar-refractivity contribution in [1.82, 2.24) is 14.9 Å². The maximum atomic E-state index is 12.7. The van der Waals surface area contributed by atoms with Crippen LogP contribution in [0.2, 0.25) is 0 Å². The molecule has 0 spiro atoms. The molecular weight excluding hydrogens is 354 g/mol. The van der Waals surface area contributed by atoms with E-state index in [1.807, 2.05) is 17.0 Å². The zero-order valence-electron chi connectivity index (χ0n) is 15.6. The summed E-state index contributed by atoms with van der Waals surface area (Å²) in [5.41, 5.74) is 3.45. The highest BCUT2D eigenvalue weighted by Gasteiger charge is 2.19. The van der Waals surface area contributed by atoms with Gasteiger partial charge in [-0.25, -0.2) is 4.79 Å². The summed E-state index contributed by atoms with van der Waals surface area (Å²) in [5.74, 6) is 0.215. The Morgan fingerprint density at radius 1 is 1.07 bits per heavy atom. The molecule has 6 heteroatoms. The van der Waals surface area contributed by atoms with E-state index in [1.54, 1.807) is 43.3 Å². The Morgan fingerprint density at radius 3 is 2.61 bits per heavy atom. The number of phenols is 1. The van der Waals surface area contributed by atoms with Crippen LogP contribution in [0.1, 0.15) is 28.8 Å². The van der Waals surface area contributed by atoms with E-state index in [0.717, 1.165) is 37.1 Å². The molecule has 4 rings (SSSR count). The Bertz CT molecular complexity index is 1100. The van der Waals surface area contributed by atoms with Gasteiger partial charge in [-0.2, -0.15) is 4.98 Å². The molecule has 1 aromatic heterocycles. The van der Waals surface area contributed by atoms with Gasteiger partial charge in [0.25, 0.3) is 5.91 Å². The molecular formula is C22H21N3O3. The number of rotatable bonds is 3. The second kappa shape index (κ2) is 7.31. The van der Waals surface area contributed by atoms with Crippen LogP contribution >= 0.6 is 0 Å². The van der Waals surface area contributed by atoms with E-state index in [1.165, 1.54) is 0 Å². The van der Waals surface area contributed by atoms with Crippen molar-refractivity contribution in [1.29, 1.82) is 0 Å². The molecule has 0 atom stereocenters. The van der Waals surface area contributed by atoms with E-state index < -0.39 is 5.69 Å². The molecule has 2 heterocycles. The van der Waals surface area contributed by atoms with E-state index in [9.17, 15) is 14.7 Å². The number of aryl methyl sites for hydroxylation is 1. The number of benzene rings is 2. The third kappa shape index (κ3) is 3.53. The van der Waals surface area contributed by atoms with Crippen molar-refractivity contribution >= 4 is 5.91 Å². The fraction of sp³-hybridized carbons (Fsp3) is 0.227. The number of hydrogen-bond acceptors (Lipinski definition) is 4. The molecule has 2 N–H and O–H groups in total. The molecule has 0 saturated carbocycles. The first-order valence-electron chi connectivity index (χ1n) is 9.32. The summed E-state index contributed by atoms with van der Waals surface area (Å²) in [5, 5.41) is 9.73. The molecule has 3 aromatic rings. The summed E-state index contributed by atoms with van der Waals surface area (Å²) in [6.45, 7) is 3.37. The predicted octanol–water partition coefficient (Wildman–Crippen LogP) is 3.35. The number of aromatic nitrogens is 2. The summed E-state index contributed by atoms with van der Waals surface area (Å²) >= 11 is 0. The second-order valence-corrected chi connectivity index (χ2v) is 7.07. The maximum Gasteiger partial charge on any atom is 0.345 e. The number of hydrogen-bond donors (Lipinski definition) is 2. The molecule has 1 fully saturated rings. The number of carbonyl (C=O) groups is 1. The fourth-order valence-electron chi connectivity index (χ4n) is 3.50. The lowest BCUT2D eigenvalue weighted by Gasteiger charge is -2.15. The minimum Gasteiger partial charge on any atom is -0.508 e. The van der Waals surface area contributed by atoms with Crippen LogP contribution in [0.25, 0.3) is 22.5 Å². The van der Waals surface area contributed by atoms with Crippen LogP contribution in [0.15, 0.2) is 53.3 Å². The molecule has 1 aliphatic heterocycles. The lowest BCUT2D eigenvalue weighted by atomic mass is 10.0. The number of nitrogens with one attached hydrogen (secondary N) is 1. The second-order valence-electron chi connectivity index (χ2n) is 7.07. The standard InChI is InChI=1S/C22H21N3O3/c1-14-11-16(7-8-20(14)26)19-13-18(23-22(28)24-19)15-5-4-6-17(12-15)21(27)25-9-2-3-10-25/h4-8,11-13,26H,2-3,9-10H2,1H3,(H,23,24,28). The van der Waals surface area contributed by atoms with Gasteiger partial charge in [0.15, 0.2) is 0 Å². The average molecular weight is 375 g/mol. The number of H-pyrrole nitrogens is 1. The van der Waals surface area contributed by atoms with Crippen LogP contribution in [-0.2, 0) is 0 Å². The summed E-state index contributed by atoms with van der Waals surface area (Å²) in [6.07, 6.45) is 2.08. The summed E-state index contributed by atoms with van der Waals surface area (Å²) in [6, 6.07) is 14.2. The summed E-state index contributed by atoms with van der Waals surface area (Å²) in [7, 11) is 0. The van der Waals surface area contributed by atoms with Crippen LogP contribution < -0.4 is 5.69 Å². The maximum absolute atomic E-state index is 12.7. The minimum absolute atomic E-state index is 0.0186. The zero-order chi connectivity index (χ0) is 19.7. The topological polar surface area (TPSA) is 86.3 Å². The van der Waals surface area contributed by atoms with Gasteiger partial charge in [-0.1, -0.05) is 12.1 Å². The van der Waals surface area contributed by atoms with Gasteiger partial charge in [0, 0.05) is 24.2 Å². The van der Waals surface area contributed by atoms with Gasteiger partial charge in [-0.05, 0) is 67.3 Å². The molecule has 1 saturated heterocycles. The molecule has 6 nitrogen and oxygen atoms in total. The number of nitrogens with zero attached hydrogens (tertiary/aromatic N) is 2. The van der Waals surface area contributed by atoms with Crippen molar-refractivity contribution < 1.29 is 9.90 Å². The van der Waals surface area contributed by atoms with Crippen molar-refractivity contribution in [3.05, 3.63) is 70.1 Å². The van der Waals surface area contributed by atoms with Crippen LogP contribution in [0.3, 0.4) is 0 Å². The van der Waals surface area contributed by atoms with Crippen LogP contribution in [0.4, 0.5) is 0 Å². The van der Waals surface area contributed by atoms with Crippen molar-refractivity contribution in [2.24, 2.45) is 0 Å². The Morgan fingerprint density at radius 2 is 1.86 bits per heavy atom. The van der Waals surface area contributed by atoms with Gasteiger partial charge in [-0.3, -0.25) is 4.79 Å². The molecule has 1 aliphatic rings. The highest BCUT2D eigenvalue weighted by molar-refractivity contribution is 5.95. The van der Waals surface area contributed by atoms with Crippen LogP contribution in [-0.4, -0.2) is 39.0 Å². The monoisotopic (exact) mass is 375 g/mol. The molecule has 0 radical (unpaired) electrons. The molecule has 28 heavy (non-hydrogen) atoms. The first kappa shape index (κ1) is 18.0. The Labute approximate surface area is 162 Å². The first-order valence-corrected chi connectivity index (χ1v) is 9.32. The number of amides is 1. The molecule has 1 amide bonds. The van der Waals surface area contributed by atoms with E-state index >= 15 is 0 Å². The van der Waals surface area contributed by atoms with Crippen molar-refractivity contribution in [2.75, 3.05) is 13.1 Å². The Balaban J connectivity index is 1.72. The van der Waals surface area contributed by atoms with Crippen molar-refractivity contribution in [3.8, 4) is 28.3 Å². The third-order valence-corrected chi connectivity index (χ3v) is 5.05. The van der Waals surface area contributed by atoms with Crippen LogP contribution in [0.5, 0.6) is 5.75 Å². The summed E-state index contributed by atoms with van der Waals surface area (Å²) < 4.78 is 0. The van der Waals surface area contributed by atoms with Gasteiger partial charge in [0.2, 0.25) is 0 Å². The SMILES string of the molecule is Cc1cc(-c2cc(-c3cccc(C(=O)N4CCCC4)c3)[nH]c(=O)n2)ccc1O. The number of aromatic hydroxyl groups is 1. The van der Waals surface area contributed by atoms with Gasteiger partial charge in [0.05, 0.1) is 11.4 Å². The highest BCUT2D eigenvalue weighted by Crippen LogP contribution is 2.26. The lowest BCUT2D eigenvalue weighted by molar-refractivity contribution is 0.0793. The van der Waals surface area contributed by atoms with Gasteiger partial charge in [0.1, 0.15) is 5.75 Å². The predicted molar refractivity (Wildman–Crippen MR) is 107 cm³/mol. The number of aromatic amines is 1. The number of likely N-dealkylation sites (tertiary alicyclic amines) is 1. The van der Waals surface area contributed by atoms with E-state index in [-0.39, 0.29) is 11.7 Å². The van der Waals surface area contributed by atoms with Crippen molar-refractivity contribution in [3.63, 3.8) is 0 Å². The number of phenolic OH excluding ortho intramolecular Hbond substituents is 1. The molecule has 0 unspecified atom stereocenters. The van der Waals surface area contributed by atoms with E-state index in [2.05, 4.69) is 9.97 Å². The zero-order valence-corrected chi connectivity index (χ0v) is 15.6. The quantitative estimate of drug-likeness (QED) is 0.735. The molecule has 2 aromatic carbocycles. The normalized spacial score (nSPS) is 13.7. The Hall–Kier alpha value is -3.41. The Kier molecular flexibility index (Phi) is 4.69. The first-order chi connectivity index (χ1) is 13.5. The smallest absolute Gasteiger partial charge is 0.345 e. The van der Waals surface area contributed by atoms with Gasteiger partial charge >= 0.3 is 5.69 Å². The largest absolute Gasteiger partial charge is 0.508 e. The average Bonchev–Trinajstić information content (AvgIpc) is 3.24. The lowest BCUT2D eigenvalue weighted by Crippen LogP contribution is -2.27. The summed E-state index contributed by atoms with van der Waals surface area (Å²) in [4.78, 5) is 33.5. The molecule has 0 bridgehead atoms. The number of carbonyl (C=O) groups excluding carboxylic acids is 1. The minimum atomic E-state index is -0.463. The van der Waals surface area contributed by atoms with Crippen molar-refractivity contribution in [2.45, 2.75) is 19.8 Å². The third-order valence-electron chi connectivity index (χ3n) is 5.05. The van der Waals surface area contributed by atoms with E-state index in [4.69, 9.17) is 0 Å². The van der Waals surface area contributed by atoms with E-state index in [0.29, 0.717) is 22.5 Å². The van der Waals surface area contributed by atoms with Crippen LogP contribution in [0, 0.1) is 6.92 Å². The fourth-order valence-corrected chi connectivity index (χ4v) is 3.50. The highest BCUT2D eigenvalue weighted by atomic mass is 16.3. The van der Waals surface area contributed by atoms with Gasteiger partial charge < -0.3 is 15.0 Å². The van der Waals surface area contributed by atoms with Gasteiger partial charge in [-0.15, -0.1) is 0 Å². The molecule has 142 valence electrons. The molecule has 0 aliphatic carbocycles.